The second-order valence-electron chi connectivity index (χ2n) is 5.59. The van der Waals surface area contributed by atoms with E-state index in [0.717, 1.165) is 4.90 Å². The number of carbonyl (C=O) groups is 1. The van der Waals surface area contributed by atoms with Gasteiger partial charge in [-0.1, -0.05) is 0 Å². The Morgan fingerprint density at radius 2 is 2.16 bits per heavy atom. The number of hydrogen-bond donors (Lipinski definition) is 0. The molecule has 1 aliphatic heterocycles. The predicted molar refractivity (Wildman–Crippen MR) is 81.7 cm³/mol. The average molecular weight is 352 g/mol. The molecule has 2 aromatic rings. The highest BCUT2D eigenvalue weighted by molar-refractivity contribution is 5.95. The summed E-state index contributed by atoms with van der Waals surface area (Å²) < 4.78 is 43.1. The van der Waals surface area contributed by atoms with Crippen LogP contribution in [0.2, 0.25) is 0 Å². The first-order chi connectivity index (χ1) is 11.9. The highest BCUT2D eigenvalue weighted by Crippen LogP contribution is 2.26. The number of aryl methyl sites for hydroxylation is 1. The Kier molecular flexibility index (Phi) is 4.67. The van der Waals surface area contributed by atoms with Crippen molar-refractivity contribution in [3.05, 3.63) is 42.0 Å². The summed E-state index contributed by atoms with van der Waals surface area (Å²) in [4.78, 5) is 26.1. The lowest BCUT2D eigenvalue weighted by Crippen LogP contribution is -2.51. The van der Waals surface area contributed by atoms with Crippen molar-refractivity contribution in [1.29, 1.82) is 0 Å². The second-order valence-corrected chi connectivity index (χ2v) is 5.59. The van der Waals surface area contributed by atoms with Crippen molar-refractivity contribution in [2.45, 2.75) is 19.2 Å². The van der Waals surface area contributed by atoms with E-state index in [4.69, 9.17) is 4.74 Å². The van der Waals surface area contributed by atoms with Crippen LogP contribution in [0.1, 0.15) is 16.1 Å². The number of aromatic nitrogens is 3. The number of rotatable bonds is 2. The van der Waals surface area contributed by atoms with Gasteiger partial charge in [0.2, 0.25) is 0 Å². The van der Waals surface area contributed by atoms with Gasteiger partial charge < -0.3 is 9.64 Å². The van der Waals surface area contributed by atoms with Crippen LogP contribution in [0.25, 0.3) is 11.4 Å². The summed E-state index contributed by atoms with van der Waals surface area (Å²) >= 11 is 0. The first kappa shape index (κ1) is 17.3. The van der Waals surface area contributed by atoms with Crippen LogP contribution in [-0.2, 0) is 4.74 Å². The van der Waals surface area contributed by atoms with E-state index in [9.17, 15) is 18.0 Å². The lowest BCUT2D eigenvalue weighted by molar-refractivity contribution is -0.233. The van der Waals surface area contributed by atoms with Gasteiger partial charge >= 0.3 is 6.18 Å². The summed E-state index contributed by atoms with van der Waals surface area (Å²) in [5, 5.41) is 0. The second kappa shape index (κ2) is 6.75. The first-order valence-corrected chi connectivity index (χ1v) is 7.58. The maximum Gasteiger partial charge on any atom is 0.416 e. The topological polar surface area (TPSA) is 68.2 Å². The van der Waals surface area contributed by atoms with Crippen molar-refractivity contribution >= 4 is 5.91 Å². The quantitative estimate of drug-likeness (QED) is 0.829. The SMILES string of the molecule is Cc1nc(-c2cccnc2)ncc1C(=O)N1CCO[C@H](C(F)(F)F)C1. The minimum absolute atomic E-state index is 0.0925. The number of ether oxygens (including phenoxy) is 1. The molecule has 1 atom stereocenters. The summed E-state index contributed by atoms with van der Waals surface area (Å²) in [7, 11) is 0. The molecule has 3 rings (SSSR count). The predicted octanol–water partition coefficient (Wildman–Crippen LogP) is 2.25. The molecule has 1 aliphatic rings. The molecule has 0 N–H and O–H groups in total. The molecular weight excluding hydrogens is 337 g/mol. The summed E-state index contributed by atoms with van der Waals surface area (Å²) in [5.74, 6) is -0.134. The van der Waals surface area contributed by atoms with Gasteiger partial charge in [0, 0.05) is 30.7 Å². The monoisotopic (exact) mass is 352 g/mol. The van der Waals surface area contributed by atoms with Crippen LogP contribution in [0.4, 0.5) is 13.2 Å². The molecule has 0 aromatic carbocycles. The summed E-state index contributed by atoms with van der Waals surface area (Å²) in [5.41, 5.74) is 1.26. The van der Waals surface area contributed by atoms with Gasteiger partial charge in [0.1, 0.15) is 0 Å². The molecule has 25 heavy (non-hydrogen) atoms. The standard InChI is InChI=1S/C16H15F3N4O2/c1-10-12(8-21-14(22-10)11-3-2-4-20-7-11)15(24)23-5-6-25-13(9-23)16(17,18)19/h2-4,7-8,13H,5-6,9H2,1H3/t13-/m0/s1. The molecule has 0 saturated carbocycles. The Balaban J connectivity index is 1.81. The third kappa shape index (κ3) is 3.76. The number of alkyl halides is 3. The first-order valence-electron chi connectivity index (χ1n) is 7.58. The molecule has 0 spiro atoms. The average Bonchev–Trinajstić information content (AvgIpc) is 2.61. The Morgan fingerprint density at radius 1 is 1.36 bits per heavy atom. The van der Waals surface area contributed by atoms with E-state index in [-0.39, 0.29) is 18.7 Å². The van der Waals surface area contributed by atoms with E-state index < -0.39 is 24.7 Å². The third-order valence-electron chi connectivity index (χ3n) is 3.85. The number of morpholine rings is 1. The molecule has 132 valence electrons. The van der Waals surface area contributed by atoms with Gasteiger partial charge in [-0.3, -0.25) is 9.78 Å². The molecule has 9 heteroatoms. The zero-order valence-electron chi connectivity index (χ0n) is 13.3. The minimum Gasteiger partial charge on any atom is -0.365 e. The van der Waals surface area contributed by atoms with Gasteiger partial charge in [-0.05, 0) is 19.1 Å². The lowest BCUT2D eigenvalue weighted by Gasteiger charge is -2.33. The fourth-order valence-corrected chi connectivity index (χ4v) is 2.51. The van der Waals surface area contributed by atoms with Gasteiger partial charge in [-0.15, -0.1) is 0 Å². The number of hydrogen-bond acceptors (Lipinski definition) is 5. The van der Waals surface area contributed by atoms with Crippen LogP contribution >= 0.6 is 0 Å². The molecule has 6 nitrogen and oxygen atoms in total. The van der Waals surface area contributed by atoms with E-state index in [1.165, 1.54) is 6.20 Å². The van der Waals surface area contributed by atoms with Crippen LogP contribution < -0.4 is 0 Å². The smallest absolute Gasteiger partial charge is 0.365 e. The molecule has 3 heterocycles. The summed E-state index contributed by atoms with van der Waals surface area (Å²) in [6.07, 6.45) is -1.93. The highest BCUT2D eigenvalue weighted by Gasteiger charge is 2.44. The summed E-state index contributed by atoms with van der Waals surface area (Å²) in [6, 6.07) is 3.51. The van der Waals surface area contributed by atoms with Gasteiger partial charge in [0.05, 0.1) is 24.4 Å². The minimum atomic E-state index is -4.51. The Morgan fingerprint density at radius 3 is 2.80 bits per heavy atom. The molecule has 1 amide bonds. The molecule has 1 saturated heterocycles. The normalized spacial score (nSPS) is 18.2. The van der Waals surface area contributed by atoms with Crippen molar-refractivity contribution in [2.75, 3.05) is 19.7 Å². The lowest BCUT2D eigenvalue weighted by atomic mass is 10.1. The van der Waals surface area contributed by atoms with E-state index in [1.54, 1.807) is 31.5 Å². The van der Waals surface area contributed by atoms with Crippen LogP contribution in [0.15, 0.2) is 30.7 Å². The number of carbonyl (C=O) groups excluding carboxylic acids is 1. The summed E-state index contributed by atoms with van der Waals surface area (Å²) in [6.45, 7) is 1.02. The molecular formula is C16H15F3N4O2. The molecule has 0 radical (unpaired) electrons. The number of pyridine rings is 1. The van der Waals surface area contributed by atoms with Gasteiger partial charge in [-0.25, -0.2) is 9.97 Å². The fraction of sp³-hybridized carbons (Fsp3) is 0.375. The van der Waals surface area contributed by atoms with E-state index in [0.29, 0.717) is 17.1 Å². The number of nitrogens with zero attached hydrogens (tertiary/aromatic N) is 4. The van der Waals surface area contributed by atoms with Crippen LogP contribution in [-0.4, -0.2) is 57.7 Å². The van der Waals surface area contributed by atoms with E-state index in [2.05, 4.69) is 15.0 Å². The molecule has 0 aliphatic carbocycles. The Bertz CT molecular complexity index is 768. The Hall–Kier alpha value is -2.55. The van der Waals surface area contributed by atoms with Crippen molar-refractivity contribution in [3.8, 4) is 11.4 Å². The third-order valence-corrected chi connectivity index (χ3v) is 3.85. The zero-order chi connectivity index (χ0) is 18.0. The van der Waals surface area contributed by atoms with Gasteiger partial charge in [0.15, 0.2) is 11.9 Å². The zero-order valence-corrected chi connectivity index (χ0v) is 13.3. The maximum atomic E-state index is 12.8. The van der Waals surface area contributed by atoms with Crippen LogP contribution in [0, 0.1) is 6.92 Å². The molecule has 1 fully saturated rings. The Labute approximate surface area is 141 Å². The van der Waals surface area contributed by atoms with Crippen molar-refractivity contribution in [2.24, 2.45) is 0 Å². The van der Waals surface area contributed by atoms with E-state index >= 15 is 0 Å². The van der Waals surface area contributed by atoms with Crippen LogP contribution in [0.3, 0.4) is 0 Å². The maximum absolute atomic E-state index is 12.8. The molecule has 2 aromatic heterocycles. The highest BCUT2D eigenvalue weighted by atomic mass is 19.4. The molecule has 0 unspecified atom stereocenters. The van der Waals surface area contributed by atoms with Gasteiger partial charge in [0.25, 0.3) is 5.91 Å². The van der Waals surface area contributed by atoms with E-state index in [1.807, 2.05) is 0 Å². The largest absolute Gasteiger partial charge is 0.416 e. The fourth-order valence-electron chi connectivity index (χ4n) is 2.51. The number of halogens is 3. The van der Waals surface area contributed by atoms with Crippen LogP contribution in [0.5, 0.6) is 0 Å². The van der Waals surface area contributed by atoms with Gasteiger partial charge in [-0.2, -0.15) is 13.2 Å². The van der Waals surface area contributed by atoms with Crippen molar-refractivity contribution in [3.63, 3.8) is 0 Å². The van der Waals surface area contributed by atoms with Crippen molar-refractivity contribution < 1.29 is 22.7 Å². The molecule has 0 bridgehead atoms. The number of amides is 1. The van der Waals surface area contributed by atoms with Crippen molar-refractivity contribution in [1.82, 2.24) is 19.9 Å².